The van der Waals surface area contributed by atoms with Crippen molar-refractivity contribution in [1.82, 2.24) is 20.2 Å². The third kappa shape index (κ3) is 5.09. The molecule has 8 nitrogen and oxygen atoms in total. The van der Waals surface area contributed by atoms with E-state index in [-0.39, 0.29) is 23.3 Å². The van der Waals surface area contributed by atoms with Crippen LogP contribution in [0.25, 0.3) is 0 Å². The van der Waals surface area contributed by atoms with Crippen molar-refractivity contribution in [2.75, 3.05) is 51.3 Å². The van der Waals surface area contributed by atoms with Crippen LogP contribution in [0.2, 0.25) is 0 Å². The lowest BCUT2D eigenvalue weighted by atomic mass is 9.72. The predicted octanol–water partition coefficient (Wildman–Crippen LogP) is 3.09. The summed E-state index contributed by atoms with van der Waals surface area (Å²) in [6.45, 7) is 8.51. The normalized spacial score (nSPS) is 17.2. The predicted molar refractivity (Wildman–Crippen MR) is 123 cm³/mol. The second-order valence-corrected chi connectivity index (χ2v) is 9.14. The van der Waals surface area contributed by atoms with Gasteiger partial charge in [-0.3, -0.25) is 4.79 Å². The molecule has 0 radical (unpaired) electrons. The van der Waals surface area contributed by atoms with Crippen LogP contribution >= 0.6 is 0 Å². The largest absolute Gasteiger partial charge is 0.451 e. The zero-order valence-electron chi connectivity index (χ0n) is 19.5. The topological polar surface area (TPSA) is 79.8 Å². The Balaban J connectivity index is 1.57. The third-order valence-corrected chi connectivity index (χ3v) is 6.49. The number of carbonyl (C=O) groups is 1. The Labute approximate surface area is 194 Å². The van der Waals surface area contributed by atoms with Crippen molar-refractivity contribution in [2.45, 2.75) is 32.7 Å². The summed E-state index contributed by atoms with van der Waals surface area (Å²) in [5.41, 5.74) is 0.483. The first-order valence-corrected chi connectivity index (χ1v) is 11.5. The molecule has 4 rings (SSSR count). The second kappa shape index (κ2) is 10.0. The molecule has 0 unspecified atom stereocenters. The van der Waals surface area contributed by atoms with Crippen molar-refractivity contribution in [1.29, 1.82) is 0 Å². The molecule has 9 heteroatoms. The molecule has 0 saturated carbocycles. The summed E-state index contributed by atoms with van der Waals surface area (Å²) in [4.78, 5) is 25.7. The summed E-state index contributed by atoms with van der Waals surface area (Å²) in [7, 11) is 1.58. The van der Waals surface area contributed by atoms with Gasteiger partial charge >= 0.3 is 0 Å². The van der Waals surface area contributed by atoms with Crippen molar-refractivity contribution >= 4 is 11.7 Å². The van der Waals surface area contributed by atoms with E-state index in [0.29, 0.717) is 30.1 Å². The number of halogens is 1. The van der Waals surface area contributed by atoms with Gasteiger partial charge in [-0.1, -0.05) is 0 Å². The number of ether oxygens (including phenoxy) is 2. The maximum absolute atomic E-state index is 14.1. The summed E-state index contributed by atoms with van der Waals surface area (Å²) in [5, 5.41) is 3.41. The van der Waals surface area contributed by atoms with Gasteiger partial charge in [0.25, 0.3) is 5.91 Å². The minimum absolute atomic E-state index is 0.0818. The summed E-state index contributed by atoms with van der Waals surface area (Å²) in [6, 6.07) is 3.91. The smallest absolute Gasteiger partial charge is 0.258 e. The molecule has 178 valence electrons. The molecule has 33 heavy (non-hydrogen) atoms. The van der Waals surface area contributed by atoms with Crippen molar-refractivity contribution < 1.29 is 18.7 Å². The quantitative estimate of drug-likeness (QED) is 0.653. The van der Waals surface area contributed by atoms with Gasteiger partial charge in [0.2, 0.25) is 0 Å². The maximum atomic E-state index is 14.1. The molecule has 3 heterocycles. The van der Waals surface area contributed by atoms with Crippen molar-refractivity contribution in [3.8, 4) is 11.5 Å². The molecule has 1 N–H and O–H groups in total. The summed E-state index contributed by atoms with van der Waals surface area (Å²) < 4.78 is 25.4. The Morgan fingerprint density at radius 1 is 1.27 bits per heavy atom. The van der Waals surface area contributed by atoms with Gasteiger partial charge in [0.05, 0.1) is 18.4 Å². The molecule has 0 aliphatic carbocycles. The SMILES string of the molecule is COCCN(C(=O)c1cc(F)ccc1Oc1cncnc1N1CC2(CCNCC2)C1)C(C)C. The molecule has 0 bridgehead atoms. The van der Waals surface area contributed by atoms with E-state index in [9.17, 15) is 9.18 Å². The number of carbonyl (C=O) groups excluding carboxylic acids is 1. The standard InChI is InChI=1S/C24H32FN5O3/c1-17(2)30(10-11-32-3)23(31)19-12-18(25)4-5-20(19)33-21-13-27-16-28-22(21)29-14-24(15-29)6-8-26-9-7-24/h4-5,12-13,16-17,26H,6-11,14-15H2,1-3H3. The Morgan fingerprint density at radius 2 is 2.03 bits per heavy atom. The molecular formula is C24H32FN5O3. The fourth-order valence-corrected chi connectivity index (χ4v) is 4.62. The van der Waals surface area contributed by atoms with E-state index in [4.69, 9.17) is 9.47 Å². The van der Waals surface area contributed by atoms with Gasteiger partial charge in [-0.15, -0.1) is 0 Å². The highest BCUT2D eigenvalue weighted by molar-refractivity contribution is 5.97. The Kier molecular flexibility index (Phi) is 7.09. The van der Waals surface area contributed by atoms with Crippen molar-refractivity contribution in [3.63, 3.8) is 0 Å². The first-order valence-electron chi connectivity index (χ1n) is 11.5. The highest BCUT2D eigenvalue weighted by Crippen LogP contribution is 2.43. The zero-order valence-corrected chi connectivity index (χ0v) is 19.5. The van der Waals surface area contributed by atoms with Gasteiger partial charge in [-0.05, 0) is 58.0 Å². The van der Waals surface area contributed by atoms with Crippen LogP contribution < -0.4 is 15.0 Å². The Bertz CT molecular complexity index is 972. The Hall–Kier alpha value is -2.78. The molecule has 1 spiro atoms. The molecule has 1 aromatic carbocycles. The average Bonchev–Trinajstić information content (AvgIpc) is 2.79. The van der Waals surface area contributed by atoms with E-state index in [0.717, 1.165) is 39.0 Å². The zero-order chi connectivity index (χ0) is 23.4. The number of aromatic nitrogens is 2. The molecule has 1 aromatic heterocycles. The van der Waals surface area contributed by atoms with E-state index in [1.165, 1.54) is 24.5 Å². The fraction of sp³-hybridized carbons (Fsp3) is 0.542. The van der Waals surface area contributed by atoms with Gasteiger partial charge in [0, 0.05) is 38.2 Å². The number of rotatable bonds is 8. The van der Waals surface area contributed by atoms with Gasteiger partial charge in [0.15, 0.2) is 11.6 Å². The number of amides is 1. The summed E-state index contributed by atoms with van der Waals surface area (Å²) >= 11 is 0. The lowest BCUT2D eigenvalue weighted by Gasteiger charge is -2.53. The molecule has 0 atom stereocenters. The minimum atomic E-state index is -0.499. The molecule has 2 aromatic rings. The molecule has 2 aliphatic rings. The number of nitrogens with zero attached hydrogens (tertiary/aromatic N) is 4. The van der Waals surface area contributed by atoms with E-state index in [1.54, 1.807) is 18.2 Å². The summed E-state index contributed by atoms with van der Waals surface area (Å²) in [6.07, 6.45) is 5.39. The van der Waals surface area contributed by atoms with Gasteiger partial charge < -0.3 is 24.6 Å². The van der Waals surface area contributed by atoms with Crippen LogP contribution in [0.1, 0.15) is 37.0 Å². The maximum Gasteiger partial charge on any atom is 0.258 e. The van der Waals surface area contributed by atoms with Crippen LogP contribution in [-0.2, 0) is 4.74 Å². The van der Waals surface area contributed by atoms with Crippen LogP contribution in [-0.4, -0.2) is 73.3 Å². The lowest BCUT2D eigenvalue weighted by Crippen LogP contribution is -2.60. The van der Waals surface area contributed by atoms with Crippen LogP contribution in [0, 0.1) is 11.2 Å². The van der Waals surface area contributed by atoms with Crippen LogP contribution in [0.5, 0.6) is 11.5 Å². The van der Waals surface area contributed by atoms with E-state index < -0.39 is 5.82 Å². The molecule has 2 saturated heterocycles. The van der Waals surface area contributed by atoms with E-state index in [2.05, 4.69) is 20.2 Å². The Morgan fingerprint density at radius 3 is 2.73 bits per heavy atom. The minimum Gasteiger partial charge on any atom is -0.451 e. The van der Waals surface area contributed by atoms with Gasteiger partial charge in [0.1, 0.15) is 17.9 Å². The van der Waals surface area contributed by atoms with Gasteiger partial charge in [-0.2, -0.15) is 0 Å². The summed E-state index contributed by atoms with van der Waals surface area (Å²) in [5.74, 6) is 0.610. The first kappa shape index (κ1) is 23.4. The van der Waals surface area contributed by atoms with Crippen LogP contribution in [0.4, 0.5) is 10.2 Å². The van der Waals surface area contributed by atoms with Crippen LogP contribution in [0.15, 0.2) is 30.7 Å². The number of methoxy groups -OCH3 is 1. The highest BCUT2D eigenvalue weighted by Gasteiger charge is 2.44. The molecule has 1 amide bonds. The second-order valence-electron chi connectivity index (χ2n) is 9.14. The number of hydrogen-bond donors (Lipinski definition) is 1. The number of nitrogens with one attached hydrogen (secondary N) is 1. The van der Waals surface area contributed by atoms with Crippen molar-refractivity contribution in [3.05, 3.63) is 42.1 Å². The molecular weight excluding hydrogens is 425 g/mol. The number of hydrogen-bond acceptors (Lipinski definition) is 7. The third-order valence-electron chi connectivity index (χ3n) is 6.49. The number of benzene rings is 1. The molecule has 2 fully saturated rings. The number of piperidine rings is 1. The van der Waals surface area contributed by atoms with Crippen molar-refractivity contribution in [2.24, 2.45) is 5.41 Å². The average molecular weight is 458 g/mol. The highest BCUT2D eigenvalue weighted by atomic mass is 19.1. The lowest BCUT2D eigenvalue weighted by molar-refractivity contribution is 0.0632. The fourth-order valence-electron chi connectivity index (χ4n) is 4.62. The van der Waals surface area contributed by atoms with Crippen LogP contribution in [0.3, 0.4) is 0 Å². The van der Waals surface area contributed by atoms with Gasteiger partial charge in [-0.25, -0.2) is 14.4 Å². The number of anilines is 1. The molecule has 2 aliphatic heterocycles. The van der Waals surface area contributed by atoms with E-state index in [1.807, 2.05) is 13.8 Å². The van der Waals surface area contributed by atoms with E-state index >= 15 is 0 Å². The first-order chi connectivity index (χ1) is 15.9. The monoisotopic (exact) mass is 457 g/mol.